The van der Waals surface area contributed by atoms with E-state index in [0.29, 0.717) is 17.7 Å². The quantitative estimate of drug-likeness (QED) is 0.638. The Bertz CT molecular complexity index is 888. The van der Waals surface area contributed by atoms with Crippen LogP contribution < -0.4 is 10.5 Å². The average Bonchev–Trinajstić information content (AvgIpc) is 2.86. The molecule has 1 aromatic heterocycles. The van der Waals surface area contributed by atoms with E-state index in [2.05, 4.69) is 0 Å². The van der Waals surface area contributed by atoms with Crippen LogP contribution >= 0.6 is 0 Å². The number of nitrogens with zero attached hydrogens (tertiary/aromatic N) is 3. The number of hydrogen-bond donors (Lipinski definition) is 0. The maximum Gasteiger partial charge on any atom is 0.269 e. The lowest BCUT2D eigenvalue weighted by Gasteiger charge is -2.23. The van der Waals surface area contributed by atoms with Crippen molar-refractivity contribution in [1.82, 2.24) is 4.57 Å². The minimum Gasteiger partial charge on any atom is -0.307 e. The van der Waals surface area contributed by atoms with E-state index in [-0.39, 0.29) is 29.7 Å². The van der Waals surface area contributed by atoms with Gasteiger partial charge in [0.15, 0.2) is 0 Å². The van der Waals surface area contributed by atoms with Gasteiger partial charge in [-0.15, -0.1) is 0 Å². The molecular weight excluding hydrogens is 310 g/mol. The van der Waals surface area contributed by atoms with Gasteiger partial charge in [-0.2, -0.15) is 0 Å². The molecule has 1 aliphatic rings. The molecule has 7 nitrogen and oxygen atoms in total. The predicted molar refractivity (Wildman–Crippen MR) is 89.2 cm³/mol. The van der Waals surface area contributed by atoms with E-state index in [9.17, 15) is 19.7 Å². The highest BCUT2D eigenvalue weighted by atomic mass is 16.6. The lowest BCUT2D eigenvalue weighted by Crippen LogP contribution is -2.40. The Labute approximate surface area is 138 Å². The van der Waals surface area contributed by atoms with Crippen LogP contribution in [0, 0.1) is 17.0 Å². The molecule has 124 valence electrons. The first-order chi connectivity index (χ1) is 11.4. The van der Waals surface area contributed by atoms with Crippen LogP contribution in [0.1, 0.15) is 18.1 Å². The molecule has 1 aliphatic heterocycles. The molecule has 2 heterocycles. The van der Waals surface area contributed by atoms with Crippen LogP contribution in [0.25, 0.3) is 0 Å². The third kappa shape index (κ3) is 2.68. The molecule has 0 fully saturated rings. The summed E-state index contributed by atoms with van der Waals surface area (Å²) in [6.45, 7) is 3.54. The third-order valence-electron chi connectivity index (χ3n) is 4.27. The molecule has 0 N–H and O–H groups in total. The number of carbonyl (C=O) groups is 1. The van der Waals surface area contributed by atoms with Gasteiger partial charge in [0.05, 0.1) is 4.92 Å². The maximum atomic E-state index is 12.7. The van der Waals surface area contributed by atoms with Crippen molar-refractivity contribution < 1.29 is 9.72 Å². The van der Waals surface area contributed by atoms with E-state index in [0.717, 1.165) is 5.56 Å². The van der Waals surface area contributed by atoms with Gasteiger partial charge in [0.25, 0.3) is 11.2 Å². The number of pyridine rings is 1. The molecule has 2 aromatic rings. The van der Waals surface area contributed by atoms with Gasteiger partial charge < -0.3 is 9.47 Å². The van der Waals surface area contributed by atoms with E-state index >= 15 is 0 Å². The highest BCUT2D eigenvalue weighted by Crippen LogP contribution is 2.34. The Morgan fingerprint density at radius 1 is 1.38 bits per heavy atom. The summed E-state index contributed by atoms with van der Waals surface area (Å²) in [5.74, 6) is -0.206. The number of amides is 1. The number of nitro benzene ring substituents is 1. The Morgan fingerprint density at radius 2 is 2.12 bits per heavy atom. The van der Waals surface area contributed by atoms with E-state index in [4.69, 9.17) is 0 Å². The summed E-state index contributed by atoms with van der Waals surface area (Å²) in [6.07, 6.45) is 2.15. The molecule has 1 aromatic carbocycles. The zero-order valence-corrected chi connectivity index (χ0v) is 13.4. The molecule has 0 unspecified atom stereocenters. The molecule has 0 spiro atoms. The largest absolute Gasteiger partial charge is 0.307 e. The van der Waals surface area contributed by atoms with E-state index in [1.54, 1.807) is 36.2 Å². The molecule has 1 amide bonds. The molecule has 0 radical (unpaired) electrons. The van der Waals surface area contributed by atoms with Crippen LogP contribution in [0.5, 0.6) is 0 Å². The number of anilines is 1. The number of hydrogen-bond acceptors (Lipinski definition) is 4. The molecule has 7 heteroatoms. The standard InChI is InChI=1S/C17H17N3O4/c1-11-4-3-7-18(17(11)22)10-16(21)19-12(2)8-13-9-14(20(23)24)5-6-15(13)19/h3-7,9,12H,8,10H2,1-2H3/t12-/m0/s1. The molecule has 0 saturated heterocycles. The first-order valence-corrected chi connectivity index (χ1v) is 7.64. The van der Waals surface area contributed by atoms with Crippen molar-refractivity contribution in [3.63, 3.8) is 0 Å². The number of benzene rings is 1. The lowest BCUT2D eigenvalue weighted by atomic mass is 10.1. The Balaban J connectivity index is 1.90. The summed E-state index contributed by atoms with van der Waals surface area (Å²) in [5.41, 5.74) is 1.86. The van der Waals surface area contributed by atoms with Crippen molar-refractivity contribution >= 4 is 17.3 Å². The highest BCUT2D eigenvalue weighted by molar-refractivity contribution is 5.96. The predicted octanol–water partition coefficient (Wildman–Crippen LogP) is 2.04. The van der Waals surface area contributed by atoms with E-state index in [1.165, 1.54) is 16.7 Å². The molecule has 0 saturated carbocycles. The fourth-order valence-corrected chi connectivity index (χ4v) is 3.11. The van der Waals surface area contributed by atoms with Crippen LogP contribution in [0.15, 0.2) is 41.3 Å². The van der Waals surface area contributed by atoms with Crippen molar-refractivity contribution in [2.24, 2.45) is 0 Å². The molecule has 0 bridgehead atoms. The van der Waals surface area contributed by atoms with Crippen molar-refractivity contribution in [2.45, 2.75) is 32.9 Å². The second kappa shape index (κ2) is 5.92. The number of carbonyl (C=O) groups excluding carboxylic acids is 1. The Hall–Kier alpha value is -2.96. The van der Waals surface area contributed by atoms with Crippen molar-refractivity contribution in [3.8, 4) is 0 Å². The number of rotatable bonds is 3. The zero-order valence-electron chi connectivity index (χ0n) is 13.4. The fraction of sp³-hybridized carbons (Fsp3) is 0.294. The third-order valence-corrected chi connectivity index (χ3v) is 4.27. The normalized spacial score (nSPS) is 16.1. The van der Waals surface area contributed by atoms with Gasteiger partial charge in [-0.1, -0.05) is 6.07 Å². The van der Waals surface area contributed by atoms with Gasteiger partial charge in [0, 0.05) is 35.6 Å². The minimum atomic E-state index is -0.443. The first-order valence-electron chi connectivity index (χ1n) is 7.64. The van der Waals surface area contributed by atoms with Crippen LogP contribution in [-0.4, -0.2) is 21.4 Å². The summed E-state index contributed by atoms with van der Waals surface area (Å²) in [7, 11) is 0. The molecule has 24 heavy (non-hydrogen) atoms. The van der Waals surface area contributed by atoms with E-state index < -0.39 is 4.92 Å². The number of fused-ring (bicyclic) bond motifs is 1. The van der Waals surface area contributed by atoms with Crippen LogP contribution in [0.4, 0.5) is 11.4 Å². The van der Waals surface area contributed by atoms with E-state index in [1.807, 2.05) is 6.92 Å². The molecule has 1 atom stereocenters. The average molecular weight is 327 g/mol. The van der Waals surface area contributed by atoms with Crippen LogP contribution in [0.3, 0.4) is 0 Å². The maximum absolute atomic E-state index is 12.7. The van der Waals surface area contributed by atoms with Gasteiger partial charge in [-0.25, -0.2) is 0 Å². The minimum absolute atomic E-state index is 0.0187. The monoisotopic (exact) mass is 327 g/mol. The number of aryl methyl sites for hydroxylation is 1. The molecular formula is C17H17N3O4. The summed E-state index contributed by atoms with van der Waals surface area (Å²) < 4.78 is 1.38. The molecule has 3 rings (SSSR count). The molecule has 0 aliphatic carbocycles. The first kappa shape index (κ1) is 15.9. The summed E-state index contributed by atoms with van der Waals surface area (Å²) >= 11 is 0. The second-order valence-electron chi connectivity index (χ2n) is 6.01. The fourth-order valence-electron chi connectivity index (χ4n) is 3.11. The number of non-ortho nitro benzene ring substituents is 1. The van der Waals surface area contributed by atoms with Gasteiger partial charge in [0.1, 0.15) is 6.54 Å². The second-order valence-corrected chi connectivity index (χ2v) is 6.01. The number of nitro groups is 1. The van der Waals surface area contributed by atoms with Gasteiger partial charge in [-0.05, 0) is 38.0 Å². The lowest BCUT2D eigenvalue weighted by molar-refractivity contribution is -0.384. The highest BCUT2D eigenvalue weighted by Gasteiger charge is 2.32. The summed E-state index contributed by atoms with van der Waals surface area (Å²) in [5, 5.41) is 10.9. The topological polar surface area (TPSA) is 85.4 Å². The van der Waals surface area contributed by atoms with Gasteiger partial charge in [0.2, 0.25) is 5.91 Å². The number of aromatic nitrogens is 1. The SMILES string of the molecule is Cc1cccn(CC(=O)N2c3ccc([N+](=O)[O-])cc3C[C@@H]2C)c1=O. The van der Waals surface area contributed by atoms with Crippen LogP contribution in [0.2, 0.25) is 0 Å². The summed E-state index contributed by atoms with van der Waals surface area (Å²) in [4.78, 5) is 36.9. The van der Waals surface area contributed by atoms with Gasteiger partial charge in [-0.3, -0.25) is 19.7 Å². The van der Waals surface area contributed by atoms with Crippen LogP contribution in [-0.2, 0) is 17.8 Å². The van der Waals surface area contributed by atoms with Crippen molar-refractivity contribution in [1.29, 1.82) is 0 Å². The van der Waals surface area contributed by atoms with Gasteiger partial charge >= 0.3 is 0 Å². The summed E-state index contributed by atoms with van der Waals surface area (Å²) in [6, 6.07) is 7.85. The zero-order chi connectivity index (χ0) is 17.4. The van der Waals surface area contributed by atoms with Crippen molar-refractivity contribution in [2.75, 3.05) is 4.90 Å². The Morgan fingerprint density at radius 3 is 2.83 bits per heavy atom. The van der Waals surface area contributed by atoms with Crippen molar-refractivity contribution in [3.05, 3.63) is 68.1 Å². The Kier molecular flexibility index (Phi) is 3.92. The smallest absolute Gasteiger partial charge is 0.269 e.